The van der Waals surface area contributed by atoms with E-state index in [1.165, 1.54) is 137 Å². The van der Waals surface area contributed by atoms with Gasteiger partial charge >= 0.3 is 5.97 Å². The third kappa shape index (κ3) is 6.14. The van der Waals surface area contributed by atoms with Gasteiger partial charge in [-0.2, -0.15) is 0 Å². The van der Waals surface area contributed by atoms with Crippen molar-refractivity contribution in [3.63, 3.8) is 0 Å². The van der Waals surface area contributed by atoms with E-state index in [0.717, 1.165) is 38.5 Å². The SMILES string of the molecule is COC(=O)c1cc2c(s1)c(C1CCCCC1)c1n2CCOc2c-1cccc2N(CCN1CCCCC1)CCN1CCCCC1. The normalized spacial score (nSPS) is 20.1. The van der Waals surface area contributed by atoms with Crippen molar-refractivity contribution >= 4 is 33.2 Å². The number of piperidine rings is 2. The molecule has 7 nitrogen and oxygen atoms in total. The molecule has 0 radical (unpaired) electrons. The summed E-state index contributed by atoms with van der Waals surface area (Å²) in [6.07, 6.45) is 14.3. The molecule has 3 aliphatic heterocycles. The Morgan fingerprint density at radius 2 is 1.57 bits per heavy atom. The number of nitrogens with zero attached hydrogens (tertiary/aromatic N) is 4. The first-order chi connectivity index (χ1) is 21.7. The van der Waals surface area contributed by atoms with Crippen LogP contribution < -0.4 is 9.64 Å². The van der Waals surface area contributed by atoms with E-state index >= 15 is 0 Å². The molecule has 4 aliphatic rings. The molecule has 5 heterocycles. The number of rotatable bonds is 9. The van der Waals surface area contributed by atoms with Crippen LogP contribution in [0.2, 0.25) is 0 Å². The molecule has 2 saturated heterocycles. The van der Waals surface area contributed by atoms with Crippen molar-refractivity contribution in [3.05, 3.63) is 34.7 Å². The highest BCUT2D eigenvalue weighted by Gasteiger charge is 2.33. The van der Waals surface area contributed by atoms with E-state index < -0.39 is 0 Å². The van der Waals surface area contributed by atoms with Gasteiger partial charge in [-0.1, -0.05) is 38.2 Å². The van der Waals surface area contributed by atoms with Crippen LogP contribution in [0.15, 0.2) is 24.3 Å². The number of hydrogen-bond acceptors (Lipinski definition) is 7. The van der Waals surface area contributed by atoms with E-state index in [0.29, 0.717) is 17.4 Å². The number of carbonyl (C=O) groups excluding carboxylic acids is 1. The fourth-order valence-corrected chi connectivity index (χ4v) is 9.44. The van der Waals surface area contributed by atoms with E-state index in [9.17, 15) is 4.79 Å². The first-order valence-corrected chi connectivity index (χ1v) is 18.2. The van der Waals surface area contributed by atoms with Crippen molar-refractivity contribution in [1.29, 1.82) is 0 Å². The summed E-state index contributed by atoms with van der Waals surface area (Å²) >= 11 is 1.63. The van der Waals surface area contributed by atoms with Crippen LogP contribution in [0.25, 0.3) is 21.5 Å². The number of methoxy groups -OCH3 is 1. The van der Waals surface area contributed by atoms with E-state index in [1.54, 1.807) is 11.3 Å². The molecule has 7 rings (SSSR count). The van der Waals surface area contributed by atoms with Crippen LogP contribution >= 0.6 is 11.3 Å². The van der Waals surface area contributed by atoms with Crippen LogP contribution in [-0.2, 0) is 11.3 Å². The molecular weight excluding hydrogens is 568 g/mol. The monoisotopic (exact) mass is 618 g/mol. The molecule has 1 aromatic carbocycles. The molecule has 0 N–H and O–H groups in total. The van der Waals surface area contributed by atoms with Gasteiger partial charge in [-0.25, -0.2) is 4.79 Å². The molecule has 0 bridgehead atoms. The average Bonchev–Trinajstić information content (AvgIpc) is 3.57. The molecule has 2 aromatic heterocycles. The summed E-state index contributed by atoms with van der Waals surface area (Å²) in [5, 5.41) is 0. The average molecular weight is 619 g/mol. The number of benzene rings is 1. The standard InChI is InChI=1S/C36H50N4O3S/c1-42-36(41)31-26-30-35(44-31)32(27-12-5-2-6-13-27)33-28-14-11-15-29(34(28)43-25-24-40(30)33)39(22-20-37-16-7-3-8-17-37)23-21-38-18-9-4-10-19-38/h11,14-15,26-27H,2-10,12-13,16-25H2,1H3. The number of likely N-dealkylation sites (tertiary alicyclic amines) is 2. The maximum atomic E-state index is 12.6. The lowest BCUT2D eigenvalue weighted by Gasteiger charge is -2.34. The number of aromatic nitrogens is 1. The summed E-state index contributed by atoms with van der Waals surface area (Å²) in [7, 11) is 1.48. The quantitative estimate of drug-likeness (QED) is 0.233. The largest absolute Gasteiger partial charge is 0.489 e. The van der Waals surface area contributed by atoms with E-state index in [1.807, 2.05) is 0 Å². The minimum atomic E-state index is -0.235. The number of para-hydroxylation sites is 1. The Morgan fingerprint density at radius 3 is 2.23 bits per heavy atom. The zero-order chi connectivity index (χ0) is 29.9. The molecule has 3 aromatic rings. The van der Waals surface area contributed by atoms with Crippen LogP contribution in [0.1, 0.15) is 91.8 Å². The smallest absolute Gasteiger partial charge is 0.348 e. The Bertz CT molecular complexity index is 1410. The number of anilines is 1. The molecule has 0 amide bonds. The number of esters is 1. The first kappa shape index (κ1) is 30.1. The predicted octanol–water partition coefficient (Wildman–Crippen LogP) is 7.37. The highest BCUT2D eigenvalue weighted by atomic mass is 32.1. The van der Waals surface area contributed by atoms with Crippen molar-refractivity contribution in [3.8, 4) is 17.0 Å². The third-order valence-electron chi connectivity index (χ3n) is 10.6. The summed E-state index contributed by atoms with van der Waals surface area (Å²) in [6, 6.07) is 8.93. The molecule has 3 fully saturated rings. The van der Waals surface area contributed by atoms with Gasteiger partial charge < -0.3 is 28.7 Å². The second-order valence-corrected chi connectivity index (χ2v) is 14.4. The molecule has 0 atom stereocenters. The molecule has 1 aliphatic carbocycles. The highest BCUT2D eigenvalue weighted by Crippen LogP contribution is 2.51. The zero-order valence-corrected chi connectivity index (χ0v) is 27.5. The van der Waals surface area contributed by atoms with Crippen LogP contribution in [0.3, 0.4) is 0 Å². The topological polar surface area (TPSA) is 50.2 Å². The Morgan fingerprint density at radius 1 is 0.909 bits per heavy atom. The van der Waals surface area contributed by atoms with Gasteiger partial charge in [0.25, 0.3) is 0 Å². The maximum Gasteiger partial charge on any atom is 0.348 e. The number of hydrogen-bond donors (Lipinski definition) is 0. The predicted molar refractivity (Wildman–Crippen MR) is 181 cm³/mol. The molecule has 0 unspecified atom stereocenters. The lowest BCUT2D eigenvalue weighted by molar-refractivity contribution is 0.0606. The molecule has 8 heteroatoms. The van der Waals surface area contributed by atoms with Crippen LogP contribution in [-0.4, -0.2) is 86.4 Å². The van der Waals surface area contributed by atoms with Gasteiger partial charge in [0.1, 0.15) is 11.5 Å². The Labute approximate surface area is 267 Å². The molecule has 44 heavy (non-hydrogen) atoms. The van der Waals surface area contributed by atoms with Crippen molar-refractivity contribution in [2.75, 3.05) is 71.0 Å². The fraction of sp³-hybridized carbons (Fsp3) is 0.639. The summed E-state index contributed by atoms with van der Waals surface area (Å²) in [4.78, 5) is 21.3. The van der Waals surface area contributed by atoms with Gasteiger partial charge in [-0.05, 0) is 94.4 Å². The molecule has 0 spiro atoms. The summed E-state index contributed by atoms with van der Waals surface area (Å²) in [5.41, 5.74) is 6.41. The van der Waals surface area contributed by atoms with Crippen molar-refractivity contribution < 1.29 is 14.3 Å². The second kappa shape index (κ2) is 13.8. The van der Waals surface area contributed by atoms with Gasteiger partial charge in [-0.15, -0.1) is 11.3 Å². The highest BCUT2D eigenvalue weighted by molar-refractivity contribution is 7.21. The fourth-order valence-electron chi connectivity index (χ4n) is 8.24. The summed E-state index contributed by atoms with van der Waals surface area (Å²) in [6.45, 7) is 10.6. The Balaban J connectivity index is 1.28. The lowest BCUT2D eigenvalue weighted by Crippen LogP contribution is -2.42. The van der Waals surface area contributed by atoms with Gasteiger partial charge in [0, 0.05) is 31.7 Å². The Kier molecular flexibility index (Phi) is 9.47. The summed E-state index contributed by atoms with van der Waals surface area (Å²) in [5.74, 6) is 1.33. The van der Waals surface area contributed by atoms with E-state index in [2.05, 4.69) is 43.5 Å². The van der Waals surface area contributed by atoms with Crippen LogP contribution in [0.5, 0.6) is 5.75 Å². The molecule has 1 saturated carbocycles. The lowest BCUT2D eigenvalue weighted by atomic mass is 9.83. The van der Waals surface area contributed by atoms with Gasteiger partial charge in [0.2, 0.25) is 0 Å². The van der Waals surface area contributed by atoms with Gasteiger partial charge in [0.05, 0.1) is 35.3 Å². The van der Waals surface area contributed by atoms with Crippen LogP contribution in [0.4, 0.5) is 5.69 Å². The number of carbonyl (C=O) groups is 1. The van der Waals surface area contributed by atoms with E-state index in [4.69, 9.17) is 9.47 Å². The second-order valence-electron chi connectivity index (χ2n) is 13.4. The zero-order valence-electron chi connectivity index (χ0n) is 26.7. The van der Waals surface area contributed by atoms with E-state index in [-0.39, 0.29) is 5.97 Å². The van der Waals surface area contributed by atoms with Crippen molar-refractivity contribution in [1.82, 2.24) is 14.4 Å². The minimum absolute atomic E-state index is 0.235. The molecule has 238 valence electrons. The molecular formula is C36H50N4O3S. The van der Waals surface area contributed by atoms with Gasteiger partial charge in [-0.3, -0.25) is 0 Å². The number of ether oxygens (including phenoxy) is 2. The van der Waals surface area contributed by atoms with Gasteiger partial charge in [0.15, 0.2) is 5.75 Å². The summed E-state index contributed by atoms with van der Waals surface area (Å²) < 4.78 is 15.7. The number of thiophene rings is 1. The van der Waals surface area contributed by atoms with Crippen LogP contribution in [0, 0.1) is 0 Å². The van der Waals surface area contributed by atoms with Crippen molar-refractivity contribution in [2.45, 2.75) is 83.1 Å². The maximum absolute atomic E-state index is 12.6. The number of fused-ring (bicyclic) bond motifs is 5. The first-order valence-electron chi connectivity index (χ1n) is 17.4. The Hall–Kier alpha value is -2.55. The third-order valence-corrected chi connectivity index (χ3v) is 11.7. The minimum Gasteiger partial charge on any atom is -0.489 e. The van der Waals surface area contributed by atoms with Crippen molar-refractivity contribution in [2.24, 2.45) is 0 Å².